The summed E-state index contributed by atoms with van der Waals surface area (Å²) in [5, 5.41) is 3.14. The van der Waals surface area contributed by atoms with Crippen molar-refractivity contribution < 1.29 is 17.9 Å². The summed E-state index contributed by atoms with van der Waals surface area (Å²) in [5.41, 5.74) is 0.203. The molecule has 1 saturated carbocycles. The van der Waals surface area contributed by atoms with Crippen molar-refractivity contribution >= 4 is 27.5 Å². The van der Waals surface area contributed by atoms with Crippen LogP contribution in [0.1, 0.15) is 36.0 Å². The van der Waals surface area contributed by atoms with Gasteiger partial charge in [-0.25, -0.2) is 8.42 Å². The molecule has 1 amide bonds. The molecule has 1 aromatic rings. The number of halogens is 1. The second-order valence-corrected chi connectivity index (χ2v) is 8.86. The lowest BCUT2D eigenvalue weighted by Gasteiger charge is -2.26. The number of nitrogens with one attached hydrogen (secondary N) is 1. The monoisotopic (exact) mass is 386 g/mol. The molecule has 8 heteroatoms. The van der Waals surface area contributed by atoms with E-state index in [1.165, 1.54) is 35.3 Å². The van der Waals surface area contributed by atoms with Crippen LogP contribution in [-0.2, 0) is 14.8 Å². The summed E-state index contributed by atoms with van der Waals surface area (Å²) < 4.78 is 32.0. The van der Waals surface area contributed by atoms with Crippen LogP contribution in [0.4, 0.5) is 0 Å². The lowest BCUT2D eigenvalue weighted by atomic mass is 10.1. The van der Waals surface area contributed by atoms with Gasteiger partial charge in [-0.3, -0.25) is 4.79 Å². The van der Waals surface area contributed by atoms with Crippen LogP contribution in [0.15, 0.2) is 23.1 Å². The average Bonchev–Trinajstić information content (AvgIpc) is 3.14. The normalized spacial score (nSPS) is 19.9. The molecule has 1 N–H and O–H groups in total. The zero-order chi connectivity index (χ0) is 17.9. The van der Waals surface area contributed by atoms with Gasteiger partial charge in [0.05, 0.1) is 28.7 Å². The van der Waals surface area contributed by atoms with Gasteiger partial charge in [0, 0.05) is 19.6 Å². The van der Waals surface area contributed by atoms with Gasteiger partial charge < -0.3 is 10.1 Å². The number of carbonyl (C=O) groups excluding carboxylic acids is 1. The van der Waals surface area contributed by atoms with Crippen molar-refractivity contribution in [2.75, 3.05) is 32.8 Å². The molecule has 0 bridgehead atoms. The van der Waals surface area contributed by atoms with E-state index in [1.54, 1.807) is 0 Å². The number of rotatable bonds is 5. The summed E-state index contributed by atoms with van der Waals surface area (Å²) in [5.74, 6) is 0.180. The van der Waals surface area contributed by atoms with Crippen LogP contribution >= 0.6 is 11.6 Å². The molecule has 6 nitrogen and oxygen atoms in total. The Balaban J connectivity index is 1.76. The fourth-order valence-electron chi connectivity index (χ4n) is 3.32. The molecule has 0 unspecified atom stereocenters. The molecule has 25 heavy (non-hydrogen) atoms. The SMILES string of the molecule is O=C(NCC1CCCC1)c1cc(S(=O)(=O)N2CCOCC2)ccc1Cl. The van der Waals surface area contributed by atoms with Gasteiger partial charge in [-0.2, -0.15) is 4.31 Å². The number of carbonyl (C=O) groups is 1. The molecule has 1 heterocycles. The molecule has 1 saturated heterocycles. The Morgan fingerprint density at radius 1 is 1.24 bits per heavy atom. The molecule has 1 aliphatic heterocycles. The maximum Gasteiger partial charge on any atom is 0.252 e. The van der Waals surface area contributed by atoms with E-state index >= 15 is 0 Å². The van der Waals surface area contributed by atoms with E-state index in [1.807, 2.05) is 0 Å². The minimum atomic E-state index is -3.65. The maximum absolute atomic E-state index is 12.7. The zero-order valence-electron chi connectivity index (χ0n) is 14.0. The summed E-state index contributed by atoms with van der Waals surface area (Å²) in [6.45, 7) is 1.99. The van der Waals surface area contributed by atoms with Gasteiger partial charge in [-0.1, -0.05) is 24.4 Å². The Labute approximate surface area is 153 Å². The standard InChI is InChI=1S/C17H23ClN2O4S/c18-16-6-5-14(25(22,23)20-7-9-24-10-8-20)11-15(16)17(21)19-12-13-3-1-2-4-13/h5-6,11,13H,1-4,7-10,12H2,(H,19,21). The van der Waals surface area contributed by atoms with Crippen molar-refractivity contribution in [3.63, 3.8) is 0 Å². The van der Waals surface area contributed by atoms with Crippen LogP contribution in [0.3, 0.4) is 0 Å². The number of hydrogen-bond donors (Lipinski definition) is 1. The number of nitrogens with zero attached hydrogens (tertiary/aromatic N) is 1. The quantitative estimate of drug-likeness (QED) is 0.842. The first-order valence-corrected chi connectivity index (χ1v) is 10.5. The van der Waals surface area contributed by atoms with Gasteiger partial charge in [-0.15, -0.1) is 0 Å². The highest BCUT2D eigenvalue weighted by molar-refractivity contribution is 7.89. The van der Waals surface area contributed by atoms with Crippen LogP contribution in [0, 0.1) is 5.92 Å². The van der Waals surface area contributed by atoms with E-state index in [0.717, 1.165) is 12.8 Å². The van der Waals surface area contributed by atoms with E-state index < -0.39 is 10.0 Å². The Kier molecular flexibility index (Phi) is 5.99. The van der Waals surface area contributed by atoms with Crippen LogP contribution in [0.2, 0.25) is 5.02 Å². The summed E-state index contributed by atoms with van der Waals surface area (Å²) in [4.78, 5) is 12.5. The van der Waals surface area contributed by atoms with Gasteiger partial charge >= 0.3 is 0 Å². The average molecular weight is 387 g/mol. The molecule has 1 aromatic carbocycles. The van der Waals surface area contributed by atoms with E-state index in [-0.39, 0.29) is 21.4 Å². The van der Waals surface area contributed by atoms with Crippen molar-refractivity contribution in [1.29, 1.82) is 0 Å². The summed E-state index contributed by atoms with van der Waals surface area (Å²) in [7, 11) is -3.65. The largest absolute Gasteiger partial charge is 0.379 e. The fourth-order valence-corrected chi connectivity index (χ4v) is 4.96. The third-order valence-corrected chi connectivity index (χ3v) is 7.04. The molecule has 2 aliphatic rings. The smallest absolute Gasteiger partial charge is 0.252 e. The minimum absolute atomic E-state index is 0.0878. The number of morpholine rings is 1. The predicted octanol–water partition coefficient (Wildman–Crippen LogP) is 2.28. The van der Waals surface area contributed by atoms with E-state index in [2.05, 4.69) is 5.32 Å². The van der Waals surface area contributed by atoms with Crippen molar-refractivity contribution in [1.82, 2.24) is 9.62 Å². The molecule has 2 fully saturated rings. The highest BCUT2D eigenvalue weighted by Gasteiger charge is 2.27. The van der Waals surface area contributed by atoms with Gasteiger partial charge in [0.2, 0.25) is 10.0 Å². The van der Waals surface area contributed by atoms with E-state index in [4.69, 9.17) is 16.3 Å². The molecule has 138 valence electrons. The lowest BCUT2D eigenvalue weighted by molar-refractivity contribution is 0.0730. The van der Waals surface area contributed by atoms with Crippen molar-refractivity contribution in [3.8, 4) is 0 Å². The minimum Gasteiger partial charge on any atom is -0.379 e. The lowest BCUT2D eigenvalue weighted by Crippen LogP contribution is -2.40. The molecule has 1 aliphatic carbocycles. The van der Waals surface area contributed by atoms with Crippen LogP contribution in [-0.4, -0.2) is 51.5 Å². The molecule has 0 radical (unpaired) electrons. The highest BCUT2D eigenvalue weighted by atomic mass is 35.5. The number of amides is 1. The Morgan fingerprint density at radius 3 is 2.60 bits per heavy atom. The van der Waals surface area contributed by atoms with E-state index in [9.17, 15) is 13.2 Å². The summed E-state index contributed by atoms with van der Waals surface area (Å²) in [6, 6.07) is 4.29. The molecule has 0 aromatic heterocycles. The second-order valence-electron chi connectivity index (χ2n) is 6.52. The predicted molar refractivity (Wildman–Crippen MR) is 95.3 cm³/mol. The molecule has 3 rings (SSSR count). The fraction of sp³-hybridized carbons (Fsp3) is 0.588. The zero-order valence-corrected chi connectivity index (χ0v) is 15.6. The molecular formula is C17H23ClN2O4S. The van der Waals surface area contributed by atoms with Crippen LogP contribution in [0.25, 0.3) is 0 Å². The summed E-state index contributed by atoms with van der Waals surface area (Å²) in [6.07, 6.45) is 4.65. The van der Waals surface area contributed by atoms with Gasteiger partial charge in [-0.05, 0) is 37.0 Å². The number of hydrogen-bond acceptors (Lipinski definition) is 4. The third-order valence-electron chi connectivity index (χ3n) is 4.82. The number of sulfonamides is 1. The van der Waals surface area contributed by atoms with Crippen molar-refractivity contribution in [2.45, 2.75) is 30.6 Å². The number of benzene rings is 1. The topological polar surface area (TPSA) is 75.7 Å². The van der Waals surface area contributed by atoms with Crippen molar-refractivity contribution in [3.05, 3.63) is 28.8 Å². The first-order valence-electron chi connectivity index (χ1n) is 8.64. The van der Waals surface area contributed by atoms with Crippen LogP contribution < -0.4 is 5.32 Å². The molecule has 0 atom stereocenters. The van der Waals surface area contributed by atoms with E-state index in [0.29, 0.717) is 38.8 Å². The Hall–Kier alpha value is -1.15. The second kappa shape index (κ2) is 8.03. The van der Waals surface area contributed by atoms with Crippen LogP contribution in [0.5, 0.6) is 0 Å². The van der Waals surface area contributed by atoms with Gasteiger partial charge in [0.1, 0.15) is 0 Å². The molecular weight excluding hydrogens is 364 g/mol. The third kappa shape index (κ3) is 4.34. The Bertz CT molecular complexity index is 726. The highest BCUT2D eigenvalue weighted by Crippen LogP contribution is 2.25. The molecule has 0 spiro atoms. The number of ether oxygens (including phenoxy) is 1. The maximum atomic E-state index is 12.7. The first-order chi connectivity index (χ1) is 12.0. The van der Waals surface area contributed by atoms with Gasteiger partial charge in [0.25, 0.3) is 5.91 Å². The summed E-state index contributed by atoms with van der Waals surface area (Å²) >= 11 is 6.13. The Morgan fingerprint density at radius 2 is 1.92 bits per heavy atom. The van der Waals surface area contributed by atoms with Crippen molar-refractivity contribution in [2.24, 2.45) is 5.92 Å². The first kappa shape index (κ1) is 18.6. The van der Waals surface area contributed by atoms with Gasteiger partial charge in [0.15, 0.2) is 0 Å².